The number of aliphatic hydroxyl groups excluding tert-OH is 1. The molecule has 0 bridgehead atoms. The zero-order chi connectivity index (χ0) is 46.0. The summed E-state index contributed by atoms with van der Waals surface area (Å²) in [5.41, 5.74) is 2.84. The number of aromatic hydroxyl groups is 1. The number of aromatic amines is 1. The van der Waals surface area contributed by atoms with Crippen LogP contribution < -0.4 is 20.9 Å². The summed E-state index contributed by atoms with van der Waals surface area (Å²) >= 11 is 0. The summed E-state index contributed by atoms with van der Waals surface area (Å²) in [6, 6.07) is 37.1. The first kappa shape index (κ1) is 45.3. The third-order valence-corrected chi connectivity index (χ3v) is 12.1. The number of phenolic OH excluding ortho intramolecular Hbond substituents is 1. The minimum Gasteiger partial charge on any atom is -0.506 e. The minimum absolute atomic E-state index is 0.0186. The fourth-order valence-electron chi connectivity index (χ4n) is 8.46. The number of hydrogen-bond acceptors (Lipinski definition) is 12. The van der Waals surface area contributed by atoms with E-state index in [0.717, 1.165) is 38.0 Å². The van der Waals surface area contributed by atoms with Crippen LogP contribution >= 0.6 is 0 Å². The Morgan fingerprint density at radius 3 is 2.38 bits per heavy atom. The minimum atomic E-state index is -2.12. The fraction of sp³-hybridized carbons (Fsp3) is 0.250. The number of carbonyl (C=O) groups excluding carboxylic acids is 2. The summed E-state index contributed by atoms with van der Waals surface area (Å²) < 4.78 is 11.6. The monoisotopic (exact) mass is 888 g/mol. The van der Waals surface area contributed by atoms with Crippen LogP contribution in [0.3, 0.4) is 0 Å². The lowest BCUT2D eigenvalue weighted by atomic mass is 9.85. The molecule has 1 amide bonds. The number of hydrogen-bond donors (Lipinski definition) is 6. The number of piperidine rings is 1. The van der Waals surface area contributed by atoms with Crippen LogP contribution in [0, 0.1) is 5.92 Å². The van der Waals surface area contributed by atoms with E-state index >= 15 is 0 Å². The number of aliphatic hydroxyl groups is 2. The lowest BCUT2D eigenvalue weighted by molar-refractivity contribution is -0.164. The van der Waals surface area contributed by atoms with Gasteiger partial charge in [-0.3, -0.25) is 24.5 Å². The molecule has 0 radical (unpaired) electrons. The van der Waals surface area contributed by atoms with Crippen LogP contribution in [-0.2, 0) is 34.8 Å². The molecule has 14 heteroatoms. The van der Waals surface area contributed by atoms with Crippen molar-refractivity contribution in [3.8, 4) is 22.8 Å². The van der Waals surface area contributed by atoms with Crippen molar-refractivity contribution in [1.82, 2.24) is 30.5 Å². The Kier molecular flexibility index (Phi) is 14.2. The van der Waals surface area contributed by atoms with Crippen LogP contribution in [0.5, 0.6) is 11.5 Å². The van der Waals surface area contributed by atoms with Crippen molar-refractivity contribution in [2.45, 2.75) is 44.2 Å². The van der Waals surface area contributed by atoms with Gasteiger partial charge in [0.1, 0.15) is 11.5 Å². The Labute approximate surface area is 381 Å². The molecule has 3 heterocycles. The third kappa shape index (κ3) is 10.3. The summed E-state index contributed by atoms with van der Waals surface area (Å²) in [4.78, 5) is 53.6. The molecule has 1 fully saturated rings. The molecule has 6 N–H and O–H groups in total. The van der Waals surface area contributed by atoms with Gasteiger partial charge in [-0.15, -0.1) is 0 Å². The smallest absolute Gasteiger partial charge is 0.347 e. The van der Waals surface area contributed by atoms with Gasteiger partial charge in [0.05, 0.1) is 43.3 Å². The van der Waals surface area contributed by atoms with E-state index in [0.29, 0.717) is 56.9 Å². The van der Waals surface area contributed by atoms with E-state index in [9.17, 15) is 29.7 Å². The molecule has 66 heavy (non-hydrogen) atoms. The second-order valence-corrected chi connectivity index (χ2v) is 16.5. The topological polar surface area (TPSA) is 199 Å². The zero-order valence-corrected chi connectivity index (χ0v) is 36.5. The lowest BCUT2D eigenvalue weighted by Gasteiger charge is -2.33. The number of amides is 1. The molecule has 8 rings (SSSR count). The zero-order valence-electron chi connectivity index (χ0n) is 36.5. The highest BCUT2D eigenvalue weighted by atomic mass is 16.5. The standard InChI is InChI=1S/C52H52N6O8/c1-65-46-28-37(15-16-38(46)29-53-31-45(60)41-17-19-44(59)49-42(41)18-20-47(61)57-49)50(62)56-30-43-48(55-24-23-54-43)36-11-8-14-40(27-36)52(64,39-12-6-3-7-13-39)51(63)66-33-35-21-25-58(26-22-35)32-34-9-4-2-5-10-34/h2-20,23-24,27-28,35,45,53,59-60,64H,21-22,25-26,29-33H2,1H3,(H,56,62)(H,57,61)/t45-,52?/m0/s1. The van der Waals surface area contributed by atoms with E-state index in [1.165, 1.54) is 31.0 Å². The number of benzene rings is 5. The number of carbonyl (C=O) groups is 2. The molecule has 1 saturated heterocycles. The molecule has 2 atom stereocenters. The van der Waals surface area contributed by atoms with E-state index < -0.39 is 17.7 Å². The van der Waals surface area contributed by atoms with Crippen molar-refractivity contribution in [1.29, 1.82) is 0 Å². The maximum atomic E-state index is 14.1. The SMILES string of the molecule is COc1cc(C(=O)NCc2nccnc2-c2cccc(C(O)(C(=O)OCC3CCN(Cc4ccccc4)CC3)c3ccccc3)c2)ccc1CNC[C@H](O)c1ccc(O)c2[nH]c(=O)ccc12. The second kappa shape index (κ2) is 20.7. The van der Waals surface area contributed by atoms with Gasteiger partial charge >= 0.3 is 5.97 Å². The number of likely N-dealkylation sites (tertiary alicyclic amines) is 1. The predicted octanol–water partition coefficient (Wildman–Crippen LogP) is 6.14. The molecule has 7 aromatic rings. The van der Waals surface area contributed by atoms with Gasteiger partial charge in [0.15, 0.2) is 0 Å². The molecule has 5 aromatic carbocycles. The number of methoxy groups -OCH3 is 1. The Hall–Kier alpha value is -7.23. The first-order valence-corrected chi connectivity index (χ1v) is 21.9. The van der Waals surface area contributed by atoms with Gasteiger partial charge in [-0.05, 0) is 78.9 Å². The number of rotatable bonds is 17. The molecule has 14 nitrogen and oxygen atoms in total. The Balaban J connectivity index is 0.912. The average molecular weight is 889 g/mol. The normalized spacial score (nSPS) is 14.6. The van der Waals surface area contributed by atoms with Gasteiger partial charge in [-0.25, -0.2) is 4.79 Å². The second-order valence-electron chi connectivity index (χ2n) is 16.5. The van der Waals surface area contributed by atoms with Gasteiger partial charge in [-0.2, -0.15) is 0 Å². The van der Waals surface area contributed by atoms with Crippen molar-refractivity contribution in [2.24, 2.45) is 5.92 Å². The summed E-state index contributed by atoms with van der Waals surface area (Å²) in [6.07, 6.45) is 3.88. The molecule has 1 aliphatic rings. The van der Waals surface area contributed by atoms with Gasteiger partial charge in [0.2, 0.25) is 11.2 Å². The maximum absolute atomic E-state index is 14.1. The molecule has 0 aliphatic carbocycles. The van der Waals surface area contributed by atoms with Crippen molar-refractivity contribution in [3.63, 3.8) is 0 Å². The average Bonchev–Trinajstić information content (AvgIpc) is 3.36. The number of fused-ring (bicyclic) bond motifs is 1. The van der Waals surface area contributed by atoms with Gasteiger partial charge < -0.3 is 40.4 Å². The molecule has 1 unspecified atom stereocenters. The van der Waals surface area contributed by atoms with Crippen LogP contribution in [0.1, 0.15) is 62.8 Å². The number of phenols is 1. The number of aromatic nitrogens is 3. The van der Waals surface area contributed by atoms with E-state index in [1.807, 2.05) is 30.3 Å². The largest absolute Gasteiger partial charge is 0.506 e. The fourth-order valence-corrected chi connectivity index (χ4v) is 8.46. The summed E-state index contributed by atoms with van der Waals surface area (Å²) in [6.45, 7) is 3.34. The quantitative estimate of drug-likeness (QED) is 0.0572. The van der Waals surface area contributed by atoms with Crippen LogP contribution in [0.4, 0.5) is 0 Å². The number of nitrogens with one attached hydrogen (secondary N) is 3. The Morgan fingerprint density at radius 1 is 0.864 bits per heavy atom. The number of esters is 1. The highest BCUT2D eigenvalue weighted by Crippen LogP contribution is 2.35. The summed E-state index contributed by atoms with van der Waals surface area (Å²) in [5, 5.41) is 40.3. The van der Waals surface area contributed by atoms with E-state index in [-0.39, 0.29) is 48.3 Å². The van der Waals surface area contributed by atoms with Gasteiger partial charge in [0.25, 0.3) is 5.91 Å². The van der Waals surface area contributed by atoms with Crippen LogP contribution in [0.25, 0.3) is 22.2 Å². The van der Waals surface area contributed by atoms with Crippen LogP contribution in [0.15, 0.2) is 145 Å². The highest BCUT2D eigenvalue weighted by molar-refractivity contribution is 5.95. The molecule has 0 spiro atoms. The first-order chi connectivity index (χ1) is 32.1. The number of H-pyrrole nitrogens is 1. The van der Waals surface area contributed by atoms with Crippen LogP contribution in [-0.4, -0.2) is 80.4 Å². The molecular formula is C52H52N6O8. The number of ether oxygens (including phenoxy) is 2. The molecule has 1 aliphatic heterocycles. The lowest BCUT2D eigenvalue weighted by Crippen LogP contribution is -2.40. The molecule has 2 aromatic heterocycles. The van der Waals surface area contributed by atoms with Crippen LogP contribution in [0.2, 0.25) is 0 Å². The third-order valence-electron chi connectivity index (χ3n) is 12.1. The van der Waals surface area contributed by atoms with Crippen molar-refractivity contribution in [3.05, 3.63) is 189 Å². The highest BCUT2D eigenvalue weighted by Gasteiger charge is 2.42. The van der Waals surface area contributed by atoms with E-state index in [1.54, 1.807) is 79.0 Å². The van der Waals surface area contributed by atoms with Crippen molar-refractivity contribution in [2.75, 3.05) is 33.4 Å². The molecular weight excluding hydrogens is 837 g/mol. The summed E-state index contributed by atoms with van der Waals surface area (Å²) in [7, 11) is 1.51. The van der Waals surface area contributed by atoms with Crippen molar-refractivity contribution >= 4 is 22.8 Å². The van der Waals surface area contributed by atoms with E-state index in [2.05, 4.69) is 42.6 Å². The van der Waals surface area contributed by atoms with Crippen molar-refractivity contribution < 1.29 is 34.4 Å². The maximum Gasteiger partial charge on any atom is 0.347 e. The molecule has 0 saturated carbocycles. The molecule has 338 valence electrons. The Bertz CT molecular complexity index is 2850. The van der Waals surface area contributed by atoms with E-state index in [4.69, 9.17) is 9.47 Å². The predicted molar refractivity (Wildman–Crippen MR) is 249 cm³/mol. The number of nitrogens with zero attached hydrogens (tertiary/aromatic N) is 3. The Morgan fingerprint density at radius 2 is 1.61 bits per heavy atom. The summed E-state index contributed by atoms with van der Waals surface area (Å²) in [5.74, 6) is -0.603. The van der Waals surface area contributed by atoms with Gasteiger partial charge in [-0.1, -0.05) is 91.0 Å². The van der Waals surface area contributed by atoms with Gasteiger partial charge in [0, 0.05) is 65.7 Å². The first-order valence-electron chi connectivity index (χ1n) is 21.9. The number of pyridine rings is 1.